The van der Waals surface area contributed by atoms with Crippen molar-refractivity contribution >= 4 is 63.9 Å². The monoisotopic (exact) mass is 738 g/mol. The number of piperidine rings is 2. The average Bonchev–Trinajstić information content (AvgIpc) is 3.08. The predicted molar refractivity (Wildman–Crippen MR) is 195 cm³/mol. The largest absolute Gasteiger partial charge is 0.394 e. The third-order valence-electron chi connectivity index (χ3n) is 9.59. The number of nitrogens with zero attached hydrogens (tertiary/aromatic N) is 5. The molecule has 3 aliphatic heterocycles. The number of benzene rings is 2. The van der Waals surface area contributed by atoms with E-state index in [4.69, 9.17) is 56.4 Å². The fourth-order valence-corrected chi connectivity index (χ4v) is 7.71. The minimum absolute atomic E-state index is 0.196. The maximum absolute atomic E-state index is 13.6. The zero-order valence-corrected chi connectivity index (χ0v) is 30.6. The van der Waals surface area contributed by atoms with Gasteiger partial charge in [0.1, 0.15) is 6.61 Å². The molecule has 2 aromatic rings. The van der Waals surface area contributed by atoms with E-state index in [9.17, 15) is 9.59 Å². The number of oxime groups is 1. The number of halogens is 4. The van der Waals surface area contributed by atoms with Crippen LogP contribution in [-0.4, -0.2) is 122 Å². The molecule has 2 aromatic carbocycles. The van der Waals surface area contributed by atoms with Gasteiger partial charge in [-0.1, -0.05) is 57.6 Å². The number of hydrogen-bond donors (Lipinski definition) is 1. The molecule has 0 spiro atoms. The van der Waals surface area contributed by atoms with Crippen LogP contribution in [0.15, 0.2) is 41.6 Å². The average molecular weight is 741 g/mol. The second-order valence-electron chi connectivity index (χ2n) is 13.0. The number of carbonyl (C=O) groups is 2. The molecule has 48 heavy (non-hydrogen) atoms. The lowest BCUT2D eigenvalue weighted by atomic mass is 9.89. The molecule has 1 N–H and O–H groups in total. The van der Waals surface area contributed by atoms with Crippen LogP contribution < -0.4 is 5.32 Å². The van der Waals surface area contributed by atoms with Crippen LogP contribution >= 0.6 is 46.4 Å². The molecule has 1 atom stereocenters. The van der Waals surface area contributed by atoms with Gasteiger partial charge in [0.25, 0.3) is 5.91 Å². The van der Waals surface area contributed by atoms with Crippen LogP contribution in [0.25, 0.3) is 0 Å². The third-order valence-corrected chi connectivity index (χ3v) is 10.8. The summed E-state index contributed by atoms with van der Waals surface area (Å²) in [7, 11) is 1.74. The highest BCUT2D eigenvalue weighted by Crippen LogP contribution is 2.31. The fraction of sp³-hybridized carbons (Fsp3) is 0.571. The summed E-state index contributed by atoms with van der Waals surface area (Å²) in [5.74, 6) is -0.121. The Balaban J connectivity index is 1.33. The van der Waals surface area contributed by atoms with Gasteiger partial charge < -0.3 is 24.9 Å². The van der Waals surface area contributed by atoms with E-state index in [-0.39, 0.29) is 18.4 Å². The fourth-order valence-electron chi connectivity index (χ4n) is 6.88. The summed E-state index contributed by atoms with van der Waals surface area (Å²) in [5.41, 5.74) is 2.07. The molecule has 0 aliphatic carbocycles. The van der Waals surface area contributed by atoms with Crippen LogP contribution in [0.5, 0.6) is 0 Å². The van der Waals surface area contributed by atoms with Crippen molar-refractivity contribution in [1.29, 1.82) is 0 Å². The standard InChI is InChI=1S/C35H46Cl4N6O3/c1-42(35(47)26-20-27(36)23-28(37)21-26)24-33(41-48-19-18-44-16-10-40-11-17-44)30(25-5-6-31(38)32(39)22-25)9-15-43-13-7-29(8-14-43)45-12-3-2-4-34(45)46/h5-6,20-23,29-30,40H,2-4,7-19,24H2,1H3/b41-33+. The first-order chi connectivity index (χ1) is 23.2. The van der Waals surface area contributed by atoms with E-state index in [0.29, 0.717) is 56.3 Å². The number of piperazine rings is 1. The summed E-state index contributed by atoms with van der Waals surface area (Å²) >= 11 is 25.4. The Bertz CT molecular complexity index is 1410. The number of amides is 2. The Morgan fingerprint density at radius 1 is 0.938 bits per heavy atom. The minimum Gasteiger partial charge on any atom is -0.394 e. The van der Waals surface area contributed by atoms with E-state index in [2.05, 4.69) is 20.0 Å². The first-order valence-corrected chi connectivity index (χ1v) is 18.5. The zero-order chi connectivity index (χ0) is 34.0. The predicted octanol–water partition coefficient (Wildman–Crippen LogP) is 6.30. The molecule has 2 amide bonds. The van der Waals surface area contributed by atoms with Gasteiger partial charge in [-0.25, -0.2) is 0 Å². The first kappa shape index (κ1) is 37.2. The summed E-state index contributed by atoms with van der Waals surface area (Å²) < 4.78 is 0. The molecular weight excluding hydrogens is 694 g/mol. The zero-order valence-electron chi connectivity index (χ0n) is 27.6. The molecule has 0 radical (unpaired) electrons. The van der Waals surface area contributed by atoms with Crippen LogP contribution in [0.1, 0.15) is 60.4 Å². The van der Waals surface area contributed by atoms with Gasteiger partial charge in [0.2, 0.25) is 5.91 Å². The highest BCUT2D eigenvalue weighted by Gasteiger charge is 2.31. The van der Waals surface area contributed by atoms with E-state index in [1.54, 1.807) is 36.2 Å². The maximum Gasteiger partial charge on any atom is 0.254 e. The Morgan fingerprint density at radius 3 is 2.33 bits per heavy atom. The van der Waals surface area contributed by atoms with Crippen molar-refractivity contribution in [2.45, 2.75) is 50.5 Å². The topological polar surface area (TPSA) is 80.7 Å². The van der Waals surface area contributed by atoms with Gasteiger partial charge in [-0.2, -0.15) is 0 Å². The molecule has 1 unspecified atom stereocenters. The lowest BCUT2D eigenvalue weighted by molar-refractivity contribution is -0.136. The van der Waals surface area contributed by atoms with Crippen LogP contribution in [-0.2, 0) is 9.63 Å². The third kappa shape index (κ3) is 10.5. The van der Waals surface area contributed by atoms with Crippen LogP contribution in [0, 0.1) is 0 Å². The highest BCUT2D eigenvalue weighted by atomic mass is 35.5. The van der Waals surface area contributed by atoms with Gasteiger partial charge in [-0.05, 0) is 74.5 Å². The van der Waals surface area contributed by atoms with Crippen LogP contribution in [0.3, 0.4) is 0 Å². The minimum atomic E-state index is -0.227. The highest BCUT2D eigenvalue weighted by molar-refractivity contribution is 6.42. The van der Waals surface area contributed by atoms with Crippen molar-refractivity contribution < 1.29 is 14.4 Å². The molecule has 3 aliphatic rings. The summed E-state index contributed by atoms with van der Waals surface area (Å²) in [4.78, 5) is 40.7. The van der Waals surface area contributed by atoms with E-state index < -0.39 is 0 Å². The smallest absolute Gasteiger partial charge is 0.254 e. The Kier molecular flexibility index (Phi) is 14.1. The lowest BCUT2D eigenvalue weighted by Gasteiger charge is -2.40. The second kappa shape index (κ2) is 18.2. The number of carbonyl (C=O) groups excluding carboxylic acids is 2. The van der Waals surface area contributed by atoms with Crippen molar-refractivity contribution in [1.82, 2.24) is 24.9 Å². The van der Waals surface area contributed by atoms with E-state index in [1.165, 1.54) is 0 Å². The van der Waals surface area contributed by atoms with Crippen molar-refractivity contribution in [2.75, 3.05) is 79.1 Å². The molecule has 13 heteroatoms. The molecule has 262 valence electrons. The molecule has 0 bridgehead atoms. The van der Waals surface area contributed by atoms with Crippen molar-refractivity contribution in [3.63, 3.8) is 0 Å². The van der Waals surface area contributed by atoms with E-state index in [0.717, 1.165) is 96.6 Å². The number of hydrogen-bond acceptors (Lipinski definition) is 7. The normalized spacial score (nSPS) is 19.4. The van der Waals surface area contributed by atoms with Gasteiger partial charge in [0.15, 0.2) is 0 Å². The van der Waals surface area contributed by atoms with E-state index >= 15 is 0 Å². The number of nitrogens with one attached hydrogen (secondary N) is 1. The summed E-state index contributed by atoms with van der Waals surface area (Å²) in [6.45, 7) is 8.80. The van der Waals surface area contributed by atoms with Crippen molar-refractivity contribution in [3.05, 3.63) is 67.6 Å². The van der Waals surface area contributed by atoms with Crippen molar-refractivity contribution in [3.8, 4) is 0 Å². The van der Waals surface area contributed by atoms with Gasteiger partial charge >= 0.3 is 0 Å². The van der Waals surface area contributed by atoms with Crippen molar-refractivity contribution in [2.24, 2.45) is 5.16 Å². The maximum atomic E-state index is 13.6. The number of likely N-dealkylation sites (tertiary alicyclic amines) is 2. The first-order valence-electron chi connectivity index (χ1n) is 17.0. The molecular formula is C35H46Cl4N6O3. The summed E-state index contributed by atoms with van der Waals surface area (Å²) in [5, 5.41) is 9.82. The Labute approximate surface area is 304 Å². The quantitative estimate of drug-likeness (QED) is 0.148. The SMILES string of the molecule is CN(C/C(=N\OCCN1CCNCC1)C(CCN1CCC(N2CCCCC2=O)CC1)c1ccc(Cl)c(Cl)c1)C(=O)c1cc(Cl)cc(Cl)c1. The van der Waals surface area contributed by atoms with Gasteiger partial charge in [-0.3, -0.25) is 14.5 Å². The van der Waals surface area contributed by atoms with Gasteiger partial charge in [0.05, 0.1) is 22.3 Å². The Morgan fingerprint density at radius 2 is 1.65 bits per heavy atom. The molecule has 5 rings (SSSR count). The van der Waals surface area contributed by atoms with Crippen LogP contribution in [0.2, 0.25) is 20.1 Å². The molecule has 3 heterocycles. The van der Waals surface area contributed by atoms with Gasteiger partial charge in [0, 0.05) is 93.4 Å². The molecule has 3 fully saturated rings. The molecule has 3 saturated heterocycles. The number of rotatable bonds is 13. The Hall–Kier alpha value is -2.11. The molecule has 0 aromatic heterocycles. The summed E-state index contributed by atoms with van der Waals surface area (Å²) in [6.07, 6.45) is 5.44. The summed E-state index contributed by atoms with van der Waals surface area (Å²) in [6, 6.07) is 10.8. The molecule has 9 nitrogen and oxygen atoms in total. The van der Waals surface area contributed by atoms with Crippen LogP contribution in [0.4, 0.5) is 0 Å². The second-order valence-corrected chi connectivity index (χ2v) is 14.6. The molecule has 0 saturated carbocycles. The van der Waals surface area contributed by atoms with E-state index in [1.807, 2.05) is 12.1 Å². The lowest BCUT2D eigenvalue weighted by Crippen LogP contribution is -2.49. The van der Waals surface area contributed by atoms with Gasteiger partial charge in [-0.15, -0.1) is 0 Å².